The van der Waals surface area contributed by atoms with Gasteiger partial charge in [-0.25, -0.2) is 0 Å². The summed E-state index contributed by atoms with van der Waals surface area (Å²) in [7, 11) is 0. The lowest BCUT2D eigenvalue weighted by Crippen LogP contribution is -2.44. The van der Waals surface area contributed by atoms with Gasteiger partial charge in [0.25, 0.3) is 0 Å². The lowest BCUT2D eigenvalue weighted by Gasteiger charge is -2.28. The largest absolute Gasteiger partial charge is 0.368 e. The maximum Gasteiger partial charge on any atom is 0.249 e. The molecular weight excluding hydrogens is 178 g/mol. The number of hydrogen-bond donors (Lipinski definition) is 1. The van der Waals surface area contributed by atoms with E-state index in [2.05, 4.69) is 5.32 Å². The molecule has 0 unspecified atom stereocenters. The van der Waals surface area contributed by atoms with Crippen molar-refractivity contribution in [2.24, 2.45) is 17.8 Å². The van der Waals surface area contributed by atoms with Crippen LogP contribution in [-0.4, -0.2) is 24.7 Å². The summed E-state index contributed by atoms with van der Waals surface area (Å²) < 4.78 is 5.57. The monoisotopic (exact) mass is 195 g/mol. The van der Waals surface area contributed by atoms with Gasteiger partial charge in [0.1, 0.15) is 6.10 Å². The molecule has 1 heterocycles. The van der Waals surface area contributed by atoms with Crippen molar-refractivity contribution in [2.45, 2.75) is 38.3 Å². The Morgan fingerprint density at radius 1 is 1.36 bits per heavy atom. The molecule has 2 bridgehead atoms. The number of nitrogens with one attached hydrogen (secondary N) is 1. The normalized spacial score (nSPS) is 51.2. The van der Waals surface area contributed by atoms with Crippen LogP contribution >= 0.6 is 0 Å². The molecule has 3 nitrogen and oxygen atoms in total. The average Bonchev–Trinajstić information content (AvgIpc) is 2.71. The van der Waals surface area contributed by atoms with E-state index in [0.29, 0.717) is 12.0 Å². The molecule has 1 amide bonds. The van der Waals surface area contributed by atoms with E-state index in [-0.39, 0.29) is 12.0 Å². The maximum absolute atomic E-state index is 11.6. The minimum Gasteiger partial charge on any atom is -0.368 e. The second-order valence-corrected chi connectivity index (χ2v) is 5.01. The van der Waals surface area contributed by atoms with E-state index in [1.807, 2.05) is 6.92 Å². The summed E-state index contributed by atoms with van der Waals surface area (Å²) in [6.45, 7) is 2.63. The van der Waals surface area contributed by atoms with Crippen LogP contribution in [0.25, 0.3) is 0 Å². The molecule has 3 fully saturated rings. The van der Waals surface area contributed by atoms with Gasteiger partial charge in [-0.05, 0) is 38.0 Å². The molecule has 1 aliphatic heterocycles. The van der Waals surface area contributed by atoms with Crippen LogP contribution in [0.5, 0.6) is 0 Å². The Bertz CT molecular complexity index is 266. The quantitative estimate of drug-likeness (QED) is 0.624. The van der Waals surface area contributed by atoms with Gasteiger partial charge in [-0.3, -0.25) is 4.79 Å². The molecule has 5 atom stereocenters. The van der Waals surface area contributed by atoms with Crippen LogP contribution in [0.15, 0.2) is 0 Å². The first-order valence-electron chi connectivity index (χ1n) is 5.67. The fourth-order valence-corrected chi connectivity index (χ4v) is 3.49. The molecule has 1 saturated heterocycles. The van der Waals surface area contributed by atoms with Gasteiger partial charge < -0.3 is 10.1 Å². The van der Waals surface area contributed by atoms with E-state index in [1.54, 1.807) is 0 Å². The number of fused-ring (bicyclic) bond motifs is 5. The van der Waals surface area contributed by atoms with Crippen molar-refractivity contribution in [3.05, 3.63) is 0 Å². The number of ether oxygens (including phenoxy) is 1. The van der Waals surface area contributed by atoms with Crippen LogP contribution in [0.3, 0.4) is 0 Å². The maximum atomic E-state index is 11.6. The van der Waals surface area contributed by atoms with E-state index in [0.717, 1.165) is 18.4 Å². The van der Waals surface area contributed by atoms with Gasteiger partial charge in [-0.1, -0.05) is 0 Å². The Labute approximate surface area is 84.2 Å². The Morgan fingerprint density at radius 3 is 3.00 bits per heavy atom. The number of hydrogen-bond acceptors (Lipinski definition) is 2. The first-order chi connectivity index (χ1) is 6.75. The summed E-state index contributed by atoms with van der Waals surface area (Å²) in [6.07, 6.45) is 3.72. The van der Waals surface area contributed by atoms with E-state index < -0.39 is 0 Å². The Kier molecular flexibility index (Phi) is 1.84. The third kappa shape index (κ3) is 1.11. The van der Waals surface area contributed by atoms with Gasteiger partial charge in [-0.2, -0.15) is 0 Å². The van der Waals surface area contributed by atoms with Crippen LogP contribution in [0.4, 0.5) is 0 Å². The molecule has 3 rings (SSSR count). The molecule has 3 aliphatic rings. The standard InChI is InChI=1S/C11H17NO2/c1-6-11(13)12-10-8-3-2-7(4-8)9(10)5-14-6/h6-10H,2-5H2,1H3,(H,12,13)/t6-,7-,8+,9+,10-/m0/s1. The SMILES string of the molecule is C[C@@H]1OC[C@@H]2[C@H]3CC[C@H](C3)[C@@H]2NC1=O. The highest BCUT2D eigenvalue weighted by Gasteiger charge is 2.49. The summed E-state index contributed by atoms with van der Waals surface area (Å²) in [5.74, 6) is 2.24. The summed E-state index contributed by atoms with van der Waals surface area (Å²) >= 11 is 0. The third-order valence-electron chi connectivity index (χ3n) is 4.31. The summed E-state index contributed by atoms with van der Waals surface area (Å²) in [5, 5.41) is 3.16. The van der Waals surface area contributed by atoms with Crippen molar-refractivity contribution >= 4 is 5.91 Å². The molecule has 2 aliphatic carbocycles. The predicted molar refractivity (Wildman–Crippen MR) is 51.7 cm³/mol. The van der Waals surface area contributed by atoms with E-state index in [4.69, 9.17) is 4.74 Å². The molecular formula is C11H17NO2. The van der Waals surface area contributed by atoms with Crippen LogP contribution in [-0.2, 0) is 9.53 Å². The van der Waals surface area contributed by atoms with E-state index in [9.17, 15) is 4.79 Å². The van der Waals surface area contributed by atoms with Crippen LogP contribution in [0, 0.1) is 17.8 Å². The highest BCUT2D eigenvalue weighted by atomic mass is 16.5. The minimum absolute atomic E-state index is 0.0880. The second-order valence-electron chi connectivity index (χ2n) is 5.01. The van der Waals surface area contributed by atoms with E-state index in [1.165, 1.54) is 19.3 Å². The fourth-order valence-electron chi connectivity index (χ4n) is 3.49. The molecule has 0 aromatic carbocycles. The molecule has 0 radical (unpaired) electrons. The van der Waals surface area contributed by atoms with Crippen LogP contribution in [0.2, 0.25) is 0 Å². The number of carbonyl (C=O) groups is 1. The van der Waals surface area contributed by atoms with Gasteiger partial charge in [0.15, 0.2) is 0 Å². The van der Waals surface area contributed by atoms with Gasteiger partial charge in [0, 0.05) is 12.0 Å². The van der Waals surface area contributed by atoms with Crippen molar-refractivity contribution in [3.8, 4) is 0 Å². The molecule has 14 heavy (non-hydrogen) atoms. The summed E-state index contributed by atoms with van der Waals surface area (Å²) in [6, 6.07) is 0.422. The lowest BCUT2D eigenvalue weighted by molar-refractivity contribution is -0.130. The molecule has 3 heteroatoms. The Morgan fingerprint density at radius 2 is 2.14 bits per heavy atom. The molecule has 1 N–H and O–H groups in total. The topological polar surface area (TPSA) is 38.3 Å². The first kappa shape index (κ1) is 8.72. The van der Waals surface area contributed by atoms with Crippen molar-refractivity contribution in [1.82, 2.24) is 5.32 Å². The highest BCUT2D eigenvalue weighted by molar-refractivity contribution is 5.81. The zero-order valence-corrected chi connectivity index (χ0v) is 8.53. The Balaban J connectivity index is 1.83. The van der Waals surface area contributed by atoms with Crippen molar-refractivity contribution in [3.63, 3.8) is 0 Å². The third-order valence-corrected chi connectivity index (χ3v) is 4.31. The smallest absolute Gasteiger partial charge is 0.249 e. The van der Waals surface area contributed by atoms with Crippen molar-refractivity contribution in [1.29, 1.82) is 0 Å². The van der Waals surface area contributed by atoms with Crippen LogP contribution in [0.1, 0.15) is 26.2 Å². The summed E-state index contributed by atoms with van der Waals surface area (Å²) in [5.41, 5.74) is 0. The highest BCUT2D eigenvalue weighted by Crippen LogP contribution is 2.49. The van der Waals surface area contributed by atoms with Crippen LogP contribution < -0.4 is 5.32 Å². The summed E-state index contributed by atoms with van der Waals surface area (Å²) in [4.78, 5) is 11.6. The average molecular weight is 195 g/mol. The van der Waals surface area contributed by atoms with Gasteiger partial charge in [0.2, 0.25) is 5.91 Å². The Hall–Kier alpha value is -0.570. The first-order valence-corrected chi connectivity index (χ1v) is 5.67. The zero-order chi connectivity index (χ0) is 9.71. The van der Waals surface area contributed by atoms with Crippen molar-refractivity contribution in [2.75, 3.05) is 6.61 Å². The van der Waals surface area contributed by atoms with E-state index >= 15 is 0 Å². The van der Waals surface area contributed by atoms with Gasteiger partial charge >= 0.3 is 0 Å². The zero-order valence-electron chi connectivity index (χ0n) is 8.53. The molecule has 0 aromatic rings. The lowest BCUT2D eigenvalue weighted by atomic mass is 9.85. The van der Waals surface area contributed by atoms with Gasteiger partial charge in [-0.15, -0.1) is 0 Å². The number of carbonyl (C=O) groups excluding carboxylic acids is 1. The predicted octanol–water partition coefficient (Wildman–Crippen LogP) is 0.936. The molecule has 2 saturated carbocycles. The number of rotatable bonds is 0. The minimum atomic E-state index is -0.250. The molecule has 0 spiro atoms. The molecule has 0 aromatic heterocycles. The number of amides is 1. The molecule has 78 valence electrons. The second kappa shape index (κ2) is 2.96. The van der Waals surface area contributed by atoms with Crippen molar-refractivity contribution < 1.29 is 9.53 Å². The fraction of sp³-hybridized carbons (Fsp3) is 0.909. The van der Waals surface area contributed by atoms with Gasteiger partial charge in [0.05, 0.1) is 6.61 Å².